The van der Waals surface area contributed by atoms with Crippen molar-refractivity contribution in [2.45, 2.75) is 19.0 Å². The van der Waals surface area contributed by atoms with Gasteiger partial charge in [0.15, 0.2) is 5.82 Å². The lowest BCUT2D eigenvalue weighted by molar-refractivity contribution is -0.138. The summed E-state index contributed by atoms with van der Waals surface area (Å²) in [5.41, 5.74) is -1.52. The van der Waals surface area contributed by atoms with Gasteiger partial charge in [0.05, 0.1) is 17.4 Å². The molecule has 0 aliphatic rings. The molecule has 0 aliphatic carbocycles. The van der Waals surface area contributed by atoms with Gasteiger partial charge in [-0.15, -0.1) is 0 Å². The van der Waals surface area contributed by atoms with Crippen LogP contribution in [0.15, 0.2) is 29.3 Å². The molecule has 0 saturated carbocycles. The average Bonchev–Trinajstić information content (AvgIpc) is 2.54. The van der Waals surface area contributed by atoms with Crippen molar-refractivity contribution in [3.8, 4) is 5.82 Å². The average molecular weight is 377 g/mol. The number of carboxylic acids is 1. The third kappa shape index (κ3) is 4.69. The molecule has 25 heavy (non-hydrogen) atoms. The Morgan fingerprint density at radius 2 is 2.04 bits per heavy atom. The molecule has 11 heteroatoms. The van der Waals surface area contributed by atoms with Gasteiger partial charge in [-0.1, -0.05) is 11.6 Å². The first-order valence-electron chi connectivity index (χ1n) is 6.97. The fourth-order valence-electron chi connectivity index (χ4n) is 1.86. The highest BCUT2D eigenvalue weighted by Crippen LogP contribution is 2.28. The van der Waals surface area contributed by atoms with Crippen molar-refractivity contribution in [1.29, 1.82) is 0 Å². The molecule has 0 unspecified atom stereocenters. The van der Waals surface area contributed by atoms with Crippen LogP contribution >= 0.6 is 11.6 Å². The van der Waals surface area contributed by atoms with E-state index in [2.05, 4.69) is 15.4 Å². The zero-order valence-electron chi connectivity index (χ0n) is 12.5. The fraction of sp³-hybridized carbons (Fsp3) is 0.286. The van der Waals surface area contributed by atoms with Crippen molar-refractivity contribution >= 4 is 23.3 Å². The van der Waals surface area contributed by atoms with Crippen molar-refractivity contribution in [2.75, 3.05) is 11.9 Å². The summed E-state index contributed by atoms with van der Waals surface area (Å²) in [6.45, 7) is 0.260. The lowest BCUT2D eigenvalue weighted by Crippen LogP contribution is -2.24. The highest BCUT2D eigenvalue weighted by molar-refractivity contribution is 6.32. The second-order valence-corrected chi connectivity index (χ2v) is 5.29. The number of aromatic nitrogens is 3. The summed E-state index contributed by atoms with van der Waals surface area (Å²) < 4.78 is 38.3. The van der Waals surface area contributed by atoms with Crippen LogP contribution in [0.2, 0.25) is 5.02 Å². The molecule has 2 aromatic heterocycles. The van der Waals surface area contributed by atoms with Gasteiger partial charge in [-0.2, -0.15) is 23.0 Å². The Labute approximate surface area is 144 Å². The minimum Gasteiger partial charge on any atom is -0.481 e. The van der Waals surface area contributed by atoms with E-state index in [1.807, 2.05) is 0 Å². The number of carbonyl (C=O) groups is 1. The van der Waals surface area contributed by atoms with Crippen molar-refractivity contribution in [1.82, 2.24) is 14.8 Å². The first-order valence-corrected chi connectivity index (χ1v) is 7.35. The SMILES string of the molecule is O=C(O)CCCNc1cnn(-c2ccc(C(F)(F)F)cn2)c(=O)c1Cl. The molecular weight excluding hydrogens is 365 g/mol. The van der Waals surface area contributed by atoms with Crippen LogP contribution in [0.25, 0.3) is 5.82 Å². The van der Waals surface area contributed by atoms with Crippen LogP contribution in [0.4, 0.5) is 18.9 Å². The number of pyridine rings is 1. The monoisotopic (exact) mass is 376 g/mol. The van der Waals surface area contributed by atoms with Gasteiger partial charge >= 0.3 is 12.1 Å². The van der Waals surface area contributed by atoms with Crippen LogP contribution in [0, 0.1) is 0 Å². The molecule has 0 aliphatic heterocycles. The number of alkyl halides is 3. The van der Waals surface area contributed by atoms with Crippen molar-refractivity contribution in [3.63, 3.8) is 0 Å². The predicted molar refractivity (Wildman–Crippen MR) is 83.0 cm³/mol. The normalized spacial score (nSPS) is 11.4. The summed E-state index contributed by atoms with van der Waals surface area (Å²) in [7, 11) is 0. The Morgan fingerprint density at radius 1 is 1.32 bits per heavy atom. The van der Waals surface area contributed by atoms with E-state index in [0.29, 0.717) is 12.6 Å². The number of rotatable bonds is 6. The maximum absolute atomic E-state index is 12.5. The van der Waals surface area contributed by atoms with Crippen molar-refractivity contribution in [2.24, 2.45) is 0 Å². The Balaban J connectivity index is 2.19. The zero-order valence-corrected chi connectivity index (χ0v) is 13.3. The molecule has 0 radical (unpaired) electrons. The second-order valence-electron chi connectivity index (χ2n) is 4.92. The van der Waals surface area contributed by atoms with Gasteiger partial charge in [0, 0.05) is 19.2 Å². The number of halogens is 4. The van der Waals surface area contributed by atoms with Gasteiger partial charge in [-0.3, -0.25) is 9.59 Å². The largest absolute Gasteiger partial charge is 0.481 e. The van der Waals surface area contributed by atoms with Crippen molar-refractivity contribution < 1.29 is 23.1 Å². The van der Waals surface area contributed by atoms with Gasteiger partial charge in [0.2, 0.25) is 0 Å². The van der Waals surface area contributed by atoms with Crippen LogP contribution in [-0.4, -0.2) is 32.4 Å². The number of hydrogen-bond acceptors (Lipinski definition) is 5. The lowest BCUT2D eigenvalue weighted by atomic mass is 10.3. The molecule has 0 aromatic carbocycles. The highest BCUT2D eigenvalue weighted by atomic mass is 35.5. The molecule has 0 atom stereocenters. The van der Waals surface area contributed by atoms with Crippen LogP contribution in [0.3, 0.4) is 0 Å². The van der Waals surface area contributed by atoms with E-state index >= 15 is 0 Å². The molecule has 0 fully saturated rings. The van der Waals surface area contributed by atoms with E-state index in [9.17, 15) is 22.8 Å². The predicted octanol–water partition coefficient (Wildman–Crippen LogP) is 2.58. The van der Waals surface area contributed by atoms with Crippen LogP contribution in [0.1, 0.15) is 18.4 Å². The molecule has 2 aromatic rings. The number of aliphatic carboxylic acids is 1. The molecule has 7 nitrogen and oxygen atoms in total. The summed E-state index contributed by atoms with van der Waals surface area (Å²) in [6.07, 6.45) is -2.47. The van der Waals surface area contributed by atoms with E-state index in [0.717, 1.165) is 16.8 Å². The number of anilines is 1. The van der Waals surface area contributed by atoms with E-state index < -0.39 is 23.3 Å². The molecule has 0 amide bonds. The summed E-state index contributed by atoms with van der Waals surface area (Å²) in [4.78, 5) is 26.2. The molecule has 0 bridgehead atoms. The molecule has 0 spiro atoms. The van der Waals surface area contributed by atoms with Gasteiger partial charge in [-0.05, 0) is 18.6 Å². The maximum atomic E-state index is 12.5. The number of nitrogens with zero attached hydrogens (tertiary/aromatic N) is 3. The van der Waals surface area contributed by atoms with Gasteiger partial charge in [0.1, 0.15) is 5.02 Å². The summed E-state index contributed by atoms with van der Waals surface area (Å²) in [5, 5.41) is 14.9. The Bertz CT molecular complexity index is 822. The van der Waals surface area contributed by atoms with E-state index in [4.69, 9.17) is 16.7 Å². The highest BCUT2D eigenvalue weighted by Gasteiger charge is 2.30. The first-order chi connectivity index (χ1) is 11.7. The molecule has 134 valence electrons. The number of hydrogen-bond donors (Lipinski definition) is 2. The van der Waals surface area contributed by atoms with Crippen LogP contribution in [-0.2, 0) is 11.0 Å². The van der Waals surface area contributed by atoms with E-state index in [-0.39, 0.29) is 29.5 Å². The summed E-state index contributed by atoms with van der Waals surface area (Å²) in [5.74, 6) is -1.06. The standard InChI is InChI=1S/C14H12ClF3N4O3/c15-12-9(19-5-1-2-11(23)24)7-21-22(13(12)25)10-4-3-8(6-20-10)14(16,17)18/h3-4,6-7,19H,1-2,5H2,(H,23,24). The van der Waals surface area contributed by atoms with Crippen LogP contribution < -0.4 is 10.9 Å². The Morgan fingerprint density at radius 3 is 2.60 bits per heavy atom. The van der Waals surface area contributed by atoms with E-state index in [1.165, 1.54) is 6.20 Å². The third-order valence-corrected chi connectivity index (χ3v) is 3.46. The maximum Gasteiger partial charge on any atom is 0.417 e. The first kappa shape index (κ1) is 18.7. The molecular formula is C14H12ClF3N4O3. The van der Waals surface area contributed by atoms with Gasteiger partial charge in [0.25, 0.3) is 5.56 Å². The van der Waals surface area contributed by atoms with Crippen LogP contribution in [0.5, 0.6) is 0 Å². The zero-order chi connectivity index (χ0) is 18.6. The smallest absolute Gasteiger partial charge is 0.417 e. The molecule has 2 heterocycles. The second kappa shape index (κ2) is 7.51. The molecule has 0 saturated heterocycles. The lowest BCUT2D eigenvalue weighted by Gasteiger charge is -2.10. The van der Waals surface area contributed by atoms with Gasteiger partial charge in [-0.25, -0.2) is 4.98 Å². The Hall–Kier alpha value is -2.62. The minimum atomic E-state index is -4.54. The van der Waals surface area contributed by atoms with E-state index in [1.54, 1.807) is 0 Å². The van der Waals surface area contributed by atoms with Crippen molar-refractivity contribution in [3.05, 3.63) is 45.5 Å². The Kier molecular flexibility index (Phi) is 5.62. The number of carboxylic acid groups (broad SMARTS) is 1. The molecule has 2 N–H and O–H groups in total. The van der Waals surface area contributed by atoms with Gasteiger partial charge < -0.3 is 10.4 Å². The quantitative estimate of drug-likeness (QED) is 0.752. The fourth-order valence-corrected chi connectivity index (χ4v) is 2.06. The summed E-state index contributed by atoms with van der Waals surface area (Å²) in [6, 6.07) is 1.79. The third-order valence-electron chi connectivity index (χ3n) is 3.09. The molecule has 2 rings (SSSR count). The number of nitrogens with one attached hydrogen (secondary N) is 1. The minimum absolute atomic E-state index is 0.0510. The topological polar surface area (TPSA) is 97.1 Å². The summed E-state index contributed by atoms with van der Waals surface area (Å²) >= 11 is 5.93.